The Morgan fingerprint density at radius 1 is 1.14 bits per heavy atom. The fourth-order valence-corrected chi connectivity index (χ4v) is 4.20. The van der Waals surface area contributed by atoms with Gasteiger partial charge in [0.25, 0.3) is 0 Å². The highest BCUT2D eigenvalue weighted by atomic mass is 32.2. The minimum Gasteiger partial charge on any atom is -0.352 e. The van der Waals surface area contributed by atoms with Crippen molar-refractivity contribution in [3.63, 3.8) is 0 Å². The summed E-state index contributed by atoms with van der Waals surface area (Å²) in [5.74, 6) is -0.934. The summed E-state index contributed by atoms with van der Waals surface area (Å²) in [6.07, 6.45) is 1.65. The molecule has 6 nitrogen and oxygen atoms in total. The van der Waals surface area contributed by atoms with Crippen LogP contribution >= 0.6 is 11.3 Å². The van der Waals surface area contributed by atoms with Crippen LogP contribution in [0.1, 0.15) is 12.0 Å². The molecule has 0 atom stereocenters. The molecule has 3 aromatic rings. The number of sulfonamides is 1. The Bertz CT molecular complexity index is 1050. The lowest BCUT2D eigenvalue weighted by Crippen LogP contribution is -2.30. The van der Waals surface area contributed by atoms with Gasteiger partial charge in [-0.05, 0) is 47.3 Å². The van der Waals surface area contributed by atoms with Gasteiger partial charge in [-0.3, -0.25) is 9.78 Å². The van der Waals surface area contributed by atoms with Crippen molar-refractivity contribution in [2.45, 2.75) is 17.9 Å². The predicted molar refractivity (Wildman–Crippen MR) is 106 cm³/mol. The number of pyridine rings is 1. The lowest BCUT2D eigenvalue weighted by Gasteiger charge is -2.08. The third-order valence-electron chi connectivity index (χ3n) is 3.84. The van der Waals surface area contributed by atoms with Gasteiger partial charge >= 0.3 is 0 Å². The van der Waals surface area contributed by atoms with Gasteiger partial charge in [-0.1, -0.05) is 12.1 Å². The molecule has 3 rings (SSSR count). The molecule has 146 valence electrons. The van der Waals surface area contributed by atoms with Crippen LogP contribution in [0.25, 0.3) is 10.6 Å². The number of benzene rings is 1. The number of aromatic nitrogens is 1. The molecule has 0 saturated heterocycles. The quantitative estimate of drug-likeness (QED) is 0.588. The summed E-state index contributed by atoms with van der Waals surface area (Å²) in [7, 11) is -3.85. The molecule has 0 aliphatic carbocycles. The Labute approximate surface area is 166 Å². The summed E-state index contributed by atoms with van der Waals surface area (Å²) in [5, 5.41) is 4.72. The number of hydrogen-bond acceptors (Lipinski definition) is 5. The maximum Gasteiger partial charge on any atom is 0.240 e. The van der Waals surface area contributed by atoms with E-state index in [0.29, 0.717) is 6.54 Å². The summed E-state index contributed by atoms with van der Waals surface area (Å²) in [6, 6.07) is 12.3. The van der Waals surface area contributed by atoms with Crippen LogP contribution < -0.4 is 10.0 Å². The lowest BCUT2D eigenvalue weighted by atomic mass is 10.2. The predicted octanol–water partition coefficient (Wildman–Crippen LogP) is 2.93. The Morgan fingerprint density at radius 2 is 2.00 bits per heavy atom. The highest BCUT2D eigenvalue weighted by molar-refractivity contribution is 7.89. The Morgan fingerprint density at radius 3 is 2.75 bits per heavy atom. The van der Waals surface area contributed by atoms with E-state index in [1.54, 1.807) is 17.5 Å². The Kier molecular flexibility index (Phi) is 6.50. The van der Waals surface area contributed by atoms with Crippen molar-refractivity contribution in [2.24, 2.45) is 0 Å². The summed E-state index contributed by atoms with van der Waals surface area (Å²) in [4.78, 5) is 17.2. The van der Waals surface area contributed by atoms with E-state index in [1.165, 1.54) is 12.1 Å². The number of amides is 1. The second-order valence-corrected chi connectivity index (χ2v) is 8.62. The van der Waals surface area contributed by atoms with Crippen molar-refractivity contribution >= 4 is 27.3 Å². The molecule has 1 amide bonds. The SMILES string of the molecule is O=C(CCNS(=O)(=O)c1cccc(F)c1)NCc1ccnc(-c2cccs2)c1. The second kappa shape index (κ2) is 9.05. The zero-order valence-electron chi connectivity index (χ0n) is 14.8. The van der Waals surface area contributed by atoms with Crippen LogP contribution in [-0.4, -0.2) is 25.9 Å². The van der Waals surface area contributed by atoms with Crippen LogP contribution in [0.15, 0.2) is 65.0 Å². The number of thiophene rings is 1. The van der Waals surface area contributed by atoms with E-state index in [9.17, 15) is 17.6 Å². The van der Waals surface area contributed by atoms with Gasteiger partial charge in [-0.2, -0.15) is 0 Å². The van der Waals surface area contributed by atoms with Crippen molar-refractivity contribution in [1.82, 2.24) is 15.0 Å². The maximum absolute atomic E-state index is 13.2. The van der Waals surface area contributed by atoms with E-state index in [-0.39, 0.29) is 23.8 Å². The van der Waals surface area contributed by atoms with E-state index >= 15 is 0 Å². The van der Waals surface area contributed by atoms with Crippen molar-refractivity contribution < 1.29 is 17.6 Å². The Balaban J connectivity index is 1.48. The largest absolute Gasteiger partial charge is 0.352 e. The summed E-state index contributed by atoms with van der Waals surface area (Å²) in [6.45, 7) is 0.234. The number of carbonyl (C=O) groups excluding carboxylic acids is 1. The van der Waals surface area contributed by atoms with Gasteiger partial charge < -0.3 is 5.32 Å². The minimum absolute atomic E-state index is 0.0303. The fraction of sp³-hybridized carbons (Fsp3) is 0.158. The van der Waals surface area contributed by atoms with Gasteiger partial charge in [0.05, 0.1) is 15.5 Å². The van der Waals surface area contributed by atoms with Gasteiger partial charge in [-0.25, -0.2) is 17.5 Å². The van der Waals surface area contributed by atoms with Crippen LogP contribution in [-0.2, 0) is 21.4 Å². The van der Waals surface area contributed by atoms with Crippen LogP contribution in [0.2, 0.25) is 0 Å². The number of halogens is 1. The molecule has 2 heterocycles. The molecule has 0 aliphatic rings. The lowest BCUT2D eigenvalue weighted by molar-refractivity contribution is -0.121. The first-order valence-corrected chi connectivity index (χ1v) is 10.8. The monoisotopic (exact) mass is 419 g/mol. The van der Waals surface area contributed by atoms with Crippen molar-refractivity contribution in [3.05, 3.63) is 71.5 Å². The molecule has 9 heteroatoms. The van der Waals surface area contributed by atoms with Gasteiger partial charge in [0.2, 0.25) is 15.9 Å². The van der Waals surface area contributed by atoms with Gasteiger partial charge in [0.1, 0.15) is 5.82 Å². The van der Waals surface area contributed by atoms with Crippen LogP contribution in [0.4, 0.5) is 4.39 Å². The molecule has 0 spiro atoms. The maximum atomic E-state index is 13.2. The van der Waals surface area contributed by atoms with Crippen LogP contribution in [0.5, 0.6) is 0 Å². The summed E-state index contributed by atoms with van der Waals surface area (Å²) < 4.78 is 39.6. The molecule has 0 radical (unpaired) electrons. The number of rotatable bonds is 8. The van der Waals surface area contributed by atoms with Crippen molar-refractivity contribution in [2.75, 3.05) is 6.54 Å². The molecule has 2 aromatic heterocycles. The normalized spacial score (nSPS) is 11.3. The van der Waals surface area contributed by atoms with Gasteiger partial charge in [0.15, 0.2) is 0 Å². The smallest absolute Gasteiger partial charge is 0.240 e. The highest BCUT2D eigenvalue weighted by Gasteiger charge is 2.14. The third-order valence-corrected chi connectivity index (χ3v) is 6.19. The van der Waals surface area contributed by atoms with E-state index in [1.807, 2.05) is 29.6 Å². The van der Waals surface area contributed by atoms with E-state index < -0.39 is 15.8 Å². The van der Waals surface area contributed by atoms with E-state index in [4.69, 9.17) is 0 Å². The van der Waals surface area contributed by atoms with E-state index in [2.05, 4.69) is 15.0 Å². The molecule has 0 fully saturated rings. The van der Waals surface area contributed by atoms with Crippen molar-refractivity contribution in [1.29, 1.82) is 0 Å². The zero-order chi connectivity index (χ0) is 20.0. The second-order valence-electron chi connectivity index (χ2n) is 5.91. The van der Waals surface area contributed by atoms with Crippen molar-refractivity contribution in [3.8, 4) is 10.6 Å². The standard InChI is InChI=1S/C19H18FN3O3S2/c20-15-3-1-4-16(12-15)28(25,26)23-9-7-19(24)22-13-14-6-8-21-17(11-14)18-5-2-10-27-18/h1-6,8,10-12,23H,7,9,13H2,(H,22,24). The van der Waals surface area contributed by atoms with Gasteiger partial charge in [-0.15, -0.1) is 11.3 Å². The number of nitrogens with one attached hydrogen (secondary N) is 2. The molecule has 0 unspecified atom stereocenters. The first-order chi connectivity index (χ1) is 13.4. The molecule has 28 heavy (non-hydrogen) atoms. The molecular weight excluding hydrogens is 401 g/mol. The number of hydrogen-bond donors (Lipinski definition) is 2. The fourth-order valence-electron chi connectivity index (χ4n) is 2.45. The zero-order valence-corrected chi connectivity index (χ0v) is 16.4. The topological polar surface area (TPSA) is 88.2 Å². The number of carbonyl (C=O) groups is 1. The third kappa shape index (κ3) is 5.44. The molecule has 2 N–H and O–H groups in total. The molecular formula is C19H18FN3O3S2. The molecule has 0 aliphatic heterocycles. The van der Waals surface area contributed by atoms with E-state index in [0.717, 1.165) is 28.3 Å². The molecule has 0 bridgehead atoms. The van der Waals surface area contributed by atoms with Crippen LogP contribution in [0, 0.1) is 5.82 Å². The average Bonchev–Trinajstić information content (AvgIpc) is 3.21. The average molecular weight is 420 g/mol. The van der Waals surface area contributed by atoms with Crippen LogP contribution in [0.3, 0.4) is 0 Å². The molecule has 1 aromatic carbocycles. The van der Waals surface area contributed by atoms with Gasteiger partial charge in [0, 0.05) is 25.7 Å². The molecule has 0 saturated carbocycles. The Hall–Kier alpha value is -2.62. The number of nitrogens with zero attached hydrogens (tertiary/aromatic N) is 1. The summed E-state index contributed by atoms with van der Waals surface area (Å²) >= 11 is 1.58. The highest BCUT2D eigenvalue weighted by Crippen LogP contribution is 2.22. The minimum atomic E-state index is -3.85. The first-order valence-electron chi connectivity index (χ1n) is 8.45. The summed E-state index contributed by atoms with van der Waals surface area (Å²) in [5.41, 5.74) is 1.73. The first kappa shape index (κ1) is 20.1.